The highest BCUT2D eigenvalue weighted by atomic mass is 35.5. The minimum atomic E-state index is -0.442. The van der Waals surface area contributed by atoms with Crippen molar-refractivity contribution < 1.29 is 9.13 Å². The second kappa shape index (κ2) is 2.96. The van der Waals surface area contributed by atoms with E-state index >= 15 is 0 Å². The summed E-state index contributed by atoms with van der Waals surface area (Å²) in [5, 5.41) is 0.458. The van der Waals surface area contributed by atoms with E-state index < -0.39 is 5.60 Å². The van der Waals surface area contributed by atoms with Crippen LogP contribution in [0.15, 0.2) is 18.2 Å². The van der Waals surface area contributed by atoms with Gasteiger partial charge < -0.3 is 4.74 Å². The number of rotatable bonds is 2. The molecule has 3 heteroatoms. The van der Waals surface area contributed by atoms with Crippen molar-refractivity contribution >= 4 is 11.6 Å². The lowest BCUT2D eigenvalue weighted by molar-refractivity contribution is 0.0758. The summed E-state index contributed by atoms with van der Waals surface area (Å²) in [5.74, 6) is -0.271. The van der Waals surface area contributed by atoms with Crippen LogP contribution in [0.1, 0.15) is 18.4 Å². The molecule has 1 aliphatic carbocycles. The fourth-order valence-corrected chi connectivity index (χ4v) is 1.94. The first-order valence-corrected chi connectivity index (χ1v) is 4.57. The van der Waals surface area contributed by atoms with Gasteiger partial charge >= 0.3 is 0 Å². The van der Waals surface area contributed by atoms with E-state index in [2.05, 4.69) is 0 Å². The van der Waals surface area contributed by atoms with Crippen LogP contribution in [-0.4, -0.2) is 7.11 Å². The monoisotopic (exact) mass is 200 g/mol. The minimum absolute atomic E-state index is 0.271. The molecule has 0 aromatic heterocycles. The molecule has 1 saturated carbocycles. The van der Waals surface area contributed by atoms with Gasteiger partial charge in [-0.3, -0.25) is 0 Å². The normalized spacial score (nSPS) is 18.7. The van der Waals surface area contributed by atoms with Crippen LogP contribution >= 0.6 is 11.6 Å². The second-order valence-electron chi connectivity index (χ2n) is 3.30. The number of ether oxygens (including phenoxy) is 1. The summed E-state index contributed by atoms with van der Waals surface area (Å²) < 4.78 is 18.7. The van der Waals surface area contributed by atoms with Crippen molar-refractivity contribution in [2.75, 3.05) is 7.11 Å². The molecule has 1 aromatic carbocycles. The number of halogens is 2. The van der Waals surface area contributed by atoms with Crippen LogP contribution < -0.4 is 0 Å². The zero-order chi connectivity index (χ0) is 9.47. The van der Waals surface area contributed by atoms with E-state index in [0.717, 1.165) is 12.8 Å². The number of methoxy groups -OCH3 is 1. The molecule has 0 heterocycles. The molecule has 1 fully saturated rings. The minimum Gasteiger partial charge on any atom is -0.373 e. The van der Waals surface area contributed by atoms with Gasteiger partial charge in [-0.15, -0.1) is 0 Å². The maximum atomic E-state index is 13.4. The number of benzene rings is 1. The molecule has 0 spiro atoms. The lowest BCUT2D eigenvalue weighted by atomic mass is 10.1. The van der Waals surface area contributed by atoms with Crippen molar-refractivity contribution in [3.05, 3.63) is 34.6 Å². The highest BCUT2D eigenvalue weighted by Gasteiger charge is 2.47. The lowest BCUT2D eigenvalue weighted by Crippen LogP contribution is -2.11. The summed E-state index contributed by atoms with van der Waals surface area (Å²) >= 11 is 5.91. The molecule has 1 nitrogen and oxygen atoms in total. The Morgan fingerprint density at radius 3 is 2.62 bits per heavy atom. The lowest BCUT2D eigenvalue weighted by Gasteiger charge is -2.15. The first-order chi connectivity index (χ1) is 6.19. The van der Waals surface area contributed by atoms with Crippen LogP contribution in [0.4, 0.5) is 4.39 Å². The molecule has 0 saturated heterocycles. The van der Waals surface area contributed by atoms with E-state index in [1.807, 2.05) is 0 Å². The molecule has 0 N–H and O–H groups in total. The first kappa shape index (κ1) is 8.97. The summed E-state index contributed by atoms with van der Waals surface area (Å²) in [5.41, 5.74) is 0.0711. The van der Waals surface area contributed by atoms with E-state index in [4.69, 9.17) is 16.3 Å². The zero-order valence-electron chi connectivity index (χ0n) is 7.31. The SMILES string of the molecule is COC1(c2c(F)cccc2Cl)CC1. The third-order valence-electron chi connectivity index (χ3n) is 2.51. The van der Waals surface area contributed by atoms with Crippen LogP contribution in [-0.2, 0) is 10.3 Å². The molecule has 2 rings (SSSR count). The molecule has 1 aliphatic rings. The van der Waals surface area contributed by atoms with Crippen molar-refractivity contribution in [3.8, 4) is 0 Å². The molecule has 0 atom stereocenters. The van der Waals surface area contributed by atoms with Crippen molar-refractivity contribution in [1.29, 1.82) is 0 Å². The molecule has 0 amide bonds. The highest BCUT2D eigenvalue weighted by Crippen LogP contribution is 2.51. The van der Waals surface area contributed by atoms with E-state index in [9.17, 15) is 4.39 Å². The van der Waals surface area contributed by atoms with Gasteiger partial charge in [0.05, 0.1) is 5.60 Å². The Morgan fingerprint density at radius 2 is 2.15 bits per heavy atom. The summed E-state index contributed by atoms with van der Waals surface area (Å²) in [6, 6.07) is 4.71. The van der Waals surface area contributed by atoms with Crippen LogP contribution in [0.2, 0.25) is 5.02 Å². The predicted octanol–water partition coefficient (Wildman–Crippen LogP) is 3.11. The molecule has 0 bridgehead atoms. The fraction of sp³-hybridized carbons (Fsp3) is 0.400. The van der Waals surface area contributed by atoms with Crippen LogP contribution in [0.3, 0.4) is 0 Å². The van der Waals surface area contributed by atoms with Gasteiger partial charge in [0.25, 0.3) is 0 Å². The van der Waals surface area contributed by atoms with Gasteiger partial charge in [0.2, 0.25) is 0 Å². The molecule has 0 radical (unpaired) electrons. The average molecular weight is 201 g/mol. The van der Waals surface area contributed by atoms with Crippen molar-refractivity contribution in [1.82, 2.24) is 0 Å². The quantitative estimate of drug-likeness (QED) is 0.713. The largest absolute Gasteiger partial charge is 0.373 e. The maximum absolute atomic E-state index is 13.4. The van der Waals surface area contributed by atoms with Gasteiger partial charge in [0.15, 0.2) is 0 Å². The van der Waals surface area contributed by atoms with Gasteiger partial charge in [-0.25, -0.2) is 4.39 Å². The average Bonchev–Trinajstić information content (AvgIpc) is 2.85. The maximum Gasteiger partial charge on any atom is 0.130 e. The third kappa shape index (κ3) is 1.34. The summed E-state index contributed by atoms with van der Waals surface area (Å²) in [6.45, 7) is 0. The van der Waals surface area contributed by atoms with Crippen LogP contribution in [0, 0.1) is 5.82 Å². The molecule has 13 heavy (non-hydrogen) atoms. The van der Waals surface area contributed by atoms with E-state index in [1.165, 1.54) is 6.07 Å². The summed E-state index contributed by atoms with van der Waals surface area (Å²) in [4.78, 5) is 0. The Hall–Kier alpha value is -0.600. The Bertz CT molecular complexity index is 313. The number of hydrogen-bond acceptors (Lipinski definition) is 1. The second-order valence-corrected chi connectivity index (χ2v) is 3.70. The van der Waals surface area contributed by atoms with Gasteiger partial charge in [-0.2, -0.15) is 0 Å². The molecule has 0 aliphatic heterocycles. The molecule has 1 aromatic rings. The van der Waals surface area contributed by atoms with Crippen molar-refractivity contribution in [2.45, 2.75) is 18.4 Å². The highest BCUT2D eigenvalue weighted by molar-refractivity contribution is 6.31. The van der Waals surface area contributed by atoms with E-state index in [1.54, 1.807) is 19.2 Å². The third-order valence-corrected chi connectivity index (χ3v) is 2.83. The molecular formula is C10H10ClFO. The standard InChI is InChI=1S/C10H10ClFO/c1-13-10(5-6-10)9-7(11)3-2-4-8(9)12/h2-4H,5-6H2,1H3. The molecular weight excluding hydrogens is 191 g/mol. The number of hydrogen-bond donors (Lipinski definition) is 0. The Kier molecular flexibility index (Phi) is 2.05. The first-order valence-electron chi connectivity index (χ1n) is 4.19. The molecule has 70 valence electrons. The van der Waals surface area contributed by atoms with Crippen LogP contribution in [0.5, 0.6) is 0 Å². The van der Waals surface area contributed by atoms with E-state index in [-0.39, 0.29) is 5.82 Å². The van der Waals surface area contributed by atoms with E-state index in [0.29, 0.717) is 10.6 Å². The van der Waals surface area contributed by atoms with Gasteiger partial charge in [0, 0.05) is 17.7 Å². The Morgan fingerprint density at radius 1 is 1.46 bits per heavy atom. The Balaban J connectivity index is 2.50. The van der Waals surface area contributed by atoms with Crippen molar-refractivity contribution in [3.63, 3.8) is 0 Å². The fourth-order valence-electron chi connectivity index (χ4n) is 1.60. The summed E-state index contributed by atoms with van der Waals surface area (Å²) in [7, 11) is 1.59. The van der Waals surface area contributed by atoms with Gasteiger partial charge in [0.1, 0.15) is 5.82 Å². The summed E-state index contributed by atoms with van der Waals surface area (Å²) in [6.07, 6.45) is 1.70. The topological polar surface area (TPSA) is 9.23 Å². The van der Waals surface area contributed by atoms with Crippen LogP contribution in [0.25, 0.3) is 0 Å². The Labute approximate surface area is 81.5 Å². The molecule has 0 unspecified atom stereocenters. The smallest absolute Gasteiger partial charge is 0.130 e. The van der Waals surface area contributed by atoms with Gasteiger partial charge in [-0.1, -0.05) is 17.7 Å². The van der Waals surface area contributed by atoms with Crippen molar-refractivity contribution in [2.24, 2.45) is 0 Å². The predicted molar refractivity (Wildman–Crippen MR) is 49.3 cm³/mol. The zero-order valence-corrected chi connectivity index (χ0v) is 8.07. The van der Waals surface area contributed by atoms with Gasteiger partial charge in [-0.05, 0) is 25.0 Å².